The van der Waals surface area contributed by atoms with Gasteiger partial charge in [-0.3, -0.25) is 9.59 Å². The lowest BCUT2D eigenvalue weighted by Crippen LogP contribution is -2.15. The quantitative estimate of drug-likeness (QED) is 0.228. The van der Waals surface area contributed by atoms with E-state index in [1.165, 1.54) is 0 Å². The van der Waals surface area contributed by atoms with Gasteiger partial charge in [0.1, 0.15) is 5.75 Å². The Morgan fingerprint density at radius 1 is 0.943 bits per heavy atom. The van der Waals surface area contributed by atoms with Crippen LogP contribution in [0.1, 0.15) is 24.0 Å². The van der Waals surface area contributed by atoms with Crippen molar-refractivity contribution in [1.82, 2.24) is 9.13 Å². The van der Waals surface area contributed by atoms with Crippen molar-refractivity contribution in [2.24, 2.45) is 5.73 Å². The van der Waals surface area contributed by atoms with Gasteiger partial charge in [0.25, 0.3) is 0 Å². The van der Waals surface area contributed by atoms with E-state index in [4.69, 9.17) is 10.5 Å². The number of carbonyl (C=O) groups is 2. The monoisotopic (exact) mass is 475 g/mol. The highest BCUT2D eigenvalue weighted by Crippen LogP contribution is 2.36. The van der Waals surface area contributed by atoms with Gasteiger partial charge in [-0.25, -0.2) is 0 Å². The molecule has 0 saturated heterocycles. The number of hydrogen-bond donors (Lipinski definition) is 3. The molecule has 0 fully saturated rings. The molecule has 8 heteroatoms. The van der Waals surface area contributed by atoms with Gasteiger partial charge in [0.2, 0.25) is 5.91 Å². The van der Waals surface area contributed by atoms with Gasteiger partial charge in [0, 0.05) is 77.2 Å². The first-order chi connectivity index (χ1) is 17.0. The Balaban J connectivity index is 2.02. The van der Waals surface area contributed by atoms with Crippen LogP contribution in [0.5, 0.6) is 5.75 Å². The van der Waals surface area contributed by atoms with E-state index in [1.54, 1.807) is 7.11 Å². The van der Waals surface area contributed by atoms with Crippen molar-refractivity contribution in [2.75, 3.05) is 20.3 Å². The zero-order chi connectivity index (χ0) is 24.9. The number of nitrogens with zero attached hydrogens (tertiary/aromatic N) is 2. The van der Waals surface area contributed by atoms with Crippen LogP contribution in [0.25, 0.3) is 33.0 Å². The number of para-hydroxylation sites is 1. The number of aldehydes is 1. The van der Waals surface area contributed by atoms with Gasteiger partial charge in [-0.1, -0.05) is 18.2 Å². The summed E-state index contributed by atoms with van der Waals surface area (Å²) in [5.74, 6) is -0.0959. The molecule has 2 aromatic carbocycles. The van der Waals surface area contributed by atoms with E-state index < -0.39 is 5.91 Å². The fourth-order valence-electron chi connectivity index (χ4n) is 4.58. The normalized spacial score (nSPS) is 12.2. The largest absolute Gasteiger partial charge is 0.497 e. The molecule has 0 spiro atoms. The van der Waals surface area contributed by atoms with Gasteiger partial charge in [0.15, 0.2) is 6.29 Å². The summed E-state index contributed by atoms with van der Waals surface area (Å²) in [4.78, 5) is 25.4. The molecule has 4 aromatic rings. The van der Waals surface area contributed by atoms with Gasteiger partial charge in [0.05, 0.1) is 12.7 Å². The van der Waals surface area contributed by atoms with Crippen LogP contribution in [0, 0.1) is 0 Å². The topological polar surface area (TPSA) is 120 Å². The number of primary amides is 1. The molecule has 1 amide bonds. The summed E-state index contributed by atoms with van der Waals surface area (Å²) in [5.41, 5.74) is 9.07. The maximum absolute atomic E-state index is 12.9. The predicted molar refractivity (Wildman–Crippen MR) is 136 cm³/mol. The third-order valence-electron chi connectivity index (χ3n) is 6.18. The second-order valence-electron chi connectivity index (χ2n) is 8.30. The van der Waals surface area contributed by atoms with Crippen LogP contribution >= 0.6 is 0 Å². The van der Waals surface area contributed by atoms with Gasteiger partial charge in [-0.2, -0.15) is 0 Å². The number of rotatable bonds is 11. The van der Waals surface area contributed by atoms with Crippen LogP contribution in [-0.2, 0) is 22.7 Å². The first kappa shape index (κ1) is 24.3. The number of methoxy groups -OCH3 is 1. The molecule has 35 heavy (non-hydrogen) atoms. The molecule has 0 bridgehead atoms. The summed E-state index contributed by atoms with van der Waals surface area (Å²) >= 11 is 0. The highest BCUT2D eigenvalue weighted by molar-refractivity contribution is 6.37. The number of ether oxygens (including phenoxy) is 1. The predicted octanol–water partition coefficient (Wildman–Crippen LogP) is 2.96. The van der Waals surface area contributed by atoms with Crippen LogP contribution in [-0.4, -0.2) is 51.9 Å². The average Bonchev–Trinajstić information content (AvgIpc) is 3.42. The lowest BCUT2D eigenvalue weighted by molar-refractivity contribution is -0.113. The lowest BCUT2D eigenvalue weighted by Gasteiger charge is -2.08. The van der Waals surface area contributed by atoms with Gasteiger partial charge in [-0.15, -0.1) is 0 Å². The molecule has 4 N–H and O–H groups in total. The average molecular weight is 476 g/mol. The maximum Gasteiger partial charge on any atom is 0.250 e. The zero-order valence-corrected chi connectivity index (χ0v) is 19.6. The first-order valence-corrected chi connectivity index (χ1v) is 11.5. The summed E-state index contributed by atoms with van der Waals surface area (Å²) < 4.78 is 9.31. The molecule has 0 aliphatic rings. The molecule has 2 aromatic heterocycles. The minimum absolute atomic E-state index is 0.0292. The van der Waals surface area contributed by atoms with E-state index in [-0.39, 0.29) is 24.4 Å². The molecule has 0 atom stereocenters. The van der Waals surface area contributed by atoms with Crippen LogP contribution in [0.2, 0.25) is 0 Å². The number of aliphatic hydroxyl groups is 2. The minimum atomic E-state index is -0.712. The first-order valence-electron chi connectivity index (χ1n) is 11.5. The van der Waals surface area contributed by atoms with E-state index in [2.05, 4.69) is 0 Å². The smallest absolute Gasteiger partial charge is 0.250 e. The van der Waals surface area contributed by atoms with Crippen LogP contribution < -0.4 is 10.5 Å². The highest BCUT2D eigenvalue weighted by atomic mass is 16.5. The summed E-state index contributed by atoms with van der Waals surface area (Å²) in [7, 11) is 1.57. The van der Waals surface area contributed by atoms with Crippen molar-refractivity contribution in [3.8, 4) is 5.75 Å². The molecule has 2 heterocycles. The Kier molecular flexibility index (Phi) is 7.33. The van der Waals surface area contributed by atoms with Gasteiger partial charge < -0.3 is 29.8 Å². The van der Waals surface area contributed by atoms with E-state index in [0.717, 1.165) is 21.8 Å². The Bertz CT molecular complexity index is 1410. The standard InChI is InChI=1S/C27H29N3O5/c1-35-18-8-9-25-20(14-18)21(15-29(25)10-4-12-31)23(17-33)26(27(28)34)22-16-30(11-5-13-32)24-7-3-2-6-19(22)24/h2-3,6-9,14-17,31-32H,4-5,10-13H2,1H3,(H2,28,34)/b26-23+. The molecule has 0 unspecified atom stereocenters. The molecule has 8 nitrogen and oxygen atoms in total. The molecule has 0 radical (unpaired) electrons. The number of aryl methyl sites for hydroxylation is 2. The van der Waals surface area contributed by atoms with Crippen LogP contribution in [0.15, 0.2) is 54.9 Å². The lowest BCUT2D eigenvalue weighted by atomic mass is 9.94. The molecule has 0 saturated carbocycles. The molecular formula is C27H29N3O5. The van der Waals surface area contributed by atoms with E-state index in [1.807, 2.05) is 64.0 Å². The van der Waals surface area contributed by atoms with Crippen molar-refractivity contribution in [2.45, 2.75) is 25.9 Å². The maximum atomic E-state index is 12.9. The summed E-state index contributed by atoms with van der Waals surface area (Å²) in [6.45, 7) is 1.16. The number of benzene rings is 2. The SMILES string of the molecule is COc1ccc2c(c1)c(/C(C=O)=C(/C(N)=O)c1cn(CCCO)c3ccccc13)cn2CCCO. The number of fused-ring (bicyclic) bond motifs is 2. The molecule has 4 rings (SSSR count). The fraction of sp³-hybridized carbons (Fsp3) is 0.259. The fourth-order valence-corrected chi connectivity index (χ4v) is 4.58. The van der Waals surface area contributed by atoms with Crippen molar-refractivity contribution < 1.29 is 24.5 Å². The number of aliphatic hydroxyl groups excluding tert-OH is 2. The zero-order valence-electron chi connectivity index (χ0n) is 19.6. The third-order valence-corrected chi connectivity index (χ3v) is 6.18. The van der Waals surface area contributed by atoms with Gasteiger partial charge >= 0.3 is 0 Å². The minimum Gasteiger partial charge on any atom is -0.497 e. The van der Waals surface area contributed by atoms with Gasteiger partial charge in [-0.05, 0) is 37.1 Å². The number of allylic oxidation sites excluding steroid dienone is 1. The molecule has 182 valence electrons. The Labute approximate surface area is 202 Å². The number of carbonyl (C=O) groups excluding carboxylic acids is 2. The second-order valence-corrected chi connectivity index (χ2v) is 8.30. The number of aromatic nitrogens is 2. The van der Waals surface area contributed by atoms with E-state index in [0.29, 0.717) is 49.1 Å². The highest BCUT2D eigenvalue weighted by Gasteiger charge is 2.24. The van der Waals surface area contributed by atoms with Crippen LogP contribution in [0.3, 0.4) is 0 Å². The number of nitrogens with two attached hydrogens (primary N) is 1. The van der Waals surface area contributed by atoms with Crippen molar-refractivity contribution in [3.63, 3.8) is 0 Å². The molecule has 0 aliphatic heterocycles. The summed E-state index contributed by atoms with van der Waals surface area (Å²) in [6.07, 6.45) is 5.39. The van der Waals surface area contributed by atoms with Crippen molar-refractivity contribution in [3.05, 3.63) is 66.0 Å². The summed E-state index contributed by atoms with van der Waals surface area (Å²) in [5, 5.41) is 20.2. The number of hydrogen-bond acceptors (Lipinski definition) is 5. The molecule has 0 aliphatic carbocycles. The second kappa shape index (κ2) is 10.6. The van der Waals surface area contributed by atoms with Crippen LogP contribution in [0.4, 0.5) is 0 Å². The third kappa shape index (κ3) is 4.58. The van der Waals surface area contributed by atoms with E-state index >= 15 is 0 Å². The molecular weight excluding hydrogens is 446 g/mol. The van der Waals surface area contributed by atoms with E-state index in [9.17, 15) is 19.8 Å². The number of amides is 1. The van der Waals surface area contributed by atoms with Crippen molar-refractivity contribution >= 4 is 45.1 Å². The Morgan fingerprint density at radius 3 is 2.17 bits per heavy atom. The summed E-state index contributed by atoms with van der Waals surface area (Å²) in [6, 6.07) is 13.1. The Hall–Kier alpha value is -3.88. The Morgan fingerprint density at radius 2 is 1.57 bits per heavy atom. The van der Waals surface area contributed by atoms with Crippen molar-refractivity contribution in [1.29, 1.82) is 0 Å².